The van der Waals surface area contributed by atoms with Crippen molar-refractivity contribution in [3.63, 3.8) is 0 Å². The summed E-state index contributed by atoms with van der Waals surface area (Å²) in [5, 5.41) is 21.1. The third-order valence-corrected chi connectivity index (χ3v) is 3.75. The zero-order valence-corrected chi connectivity index (χ0v) is 11.1. The predicted molar refractivity (Wildman–Crippen MR) is 69.7 cm³/mol. The molecular weight excluding hydrogens is 278 g/mol. The third kappa shape index (κ3) is 2.51. The number of amides is 2. The molecule has 0 aromatic carbocycles. The van der Waals surface area contributed by atoms with Crippen LogP contribution in [-0.2, 0) is 14.3 Å². The van der Waals surface area contributed by atoms with Crippen molar-refractivity contribution in [1.82, 2.24) is 5.32 Å². The van der Waals surface area contributed by atoms with E-state index in [4.69, 9.17) is 14.3 Å². The average molecular weight is 293 g/mol. The van der Waals surface area contributed by atoms with Gasteiger partial charge in [-0.25, -0.2) is 0 Å². The molecule has 3 rings (SSSR count). The SMILES string of the molecule is O=C1NC(=O)C([C@H]2C[C@H](O)[C@@H](CO)O2)C=C1c1ccco1. The Hall–Kier alpha value is -1.96. The van der Waals surface area contributed by atoms with Crippen LogP contribution in [0.3, 0.4) is 0 Å². The third-order valence-electron chi connectivity index (χ3n) is 3.75. The molecule has 1 saturated heterocycles. The molecule has 1 aromatic rings. The zero-order chi connectivity index (χ0) is 15.0. The van der Waals surface area contributed by atoms with Gasteiger partial charge in [-0.1, -0.05) is 6.08 Å². The van der Waals surface area contributed by atoms with Crippen molar-refractivity contribution in [2.75, 3.05) is 6.61 Å². The number of carbonyl (C=O) groups excluding carboxylic acids is 2. The highest BCUT2D eigenvalue weighted by molar-refractivity contribution is 6.26. The smallest absolute Gasteiger partial charge is 0.261 e. The molecule has 2 amide bonds. The molecule has 112 valence electrons. The van der Waals surface area contributed by atoms with E-state index >= 15 is 0 Å². The first-order chi connectivity index (χ1) is 10.1. The van der Waals surface area contributed by atoms with Gasteiger partial charge in [0, 0.05) is 6.42 Å². The largest absolute Gasteiger partial charge is 0.464 e. The lowest BCUT2D eigenvalue weighted by atomic mass is 9.91. The van der Waals surface area contributed by atoms with Gasteiger partial charge in [0.05, 0.1) is 36.6 Å². The Morgan fingerprint density at radius 3 is 2.81 bits per heavy atom. The number of nitrogens with one attached hydrogen (secondary N) is 1. The van der Waals surface area contributed by atoms with Gasteiger partial charge >= 0.3 is 0 Å². The molecule has 2 aliphatic heterocycles. The maximum absolute atomic E-state index is 12.0. The molecule has 0 bridgehead atoms. The Balaban J connectivity index is 1.87. The molecule has 21 heavy (non-hydrogen) atoms. The number of ether oxygens (including phenoxy) is 1. The molecule has 0 saturated carbocycles. The Morgan fingerprint density at radius 2 is 2.19 bits per heavy atom. The number of imide groups is 1. The summed E-state index contributed by atoms with van der Waals surface area (Å²) in [5.74, 6) is -1.36. The predicted octanol–water partition coefficient (Wildman–Crippen LogP) is -0.554. The standard InChI is InChI=1S/C14H15NO6/c16-6-12-9(17)5-11(21-12)8-4-7(10-2-1-3-20-10)13(18)15-14(8)19/h1-4,8-9,11-12,16-17H,5-6H2,(H,15,18,19)/t8?,9-,11+,12+/m0/s1. The van der Waals surface area contributed by atoms with Gasteiger partial charge in [-0.2, -0.15) is 0 Å². The molecule has 1 aromatic heterocycles. The van der Waals surface area contributed by atoms with Gasteiger partial charge < -0.3 is 19.4 Å². The van der Waals surface area contributed by atoms with Crippen LogP contribution in [-0.4, -0.2) is 46.9 Å². The Labute approximate surface area is 120 Å². The minimum atomic E-state index is -0.828. The number of carbonyl (C=O) groups is 2. The van der Waals surface area contributed by atoms with Crippen LogP contribution >= 0.6 is 0 Å². The highest BCUT2D eigenvalue weighted by Gasteiger charge is 2.42. The number of hydrogen-bond acceptors (Lipinski definition) is 6. The van der Waals surface area contributed by atoms with Gasteiger partial charge in [-0.05, 0) is 12.1 Å². The minimum absolute atomic E-state index is 0.222. The summed E-state index contributed by atoms with van der Waals surface area (Å²) in [6.45, 7) is -0.320. The summed E-state index contributed by atoms with van der Waals surface area (Å²) in [6.07, 6.45) is 1.03. The van der Waals surface area contributed by atoms with Crippen molar-refractivity contribution in [1.29, 1.82) is 0 Å². The number of hydrogen-bond donors (Lipinski definition) is 3. The maximum atomic E-state index is 12.0. The lowest BCUT2D eigenvalue weighted by Gasteiger charge is -2.24. The molecule has 0 radical (unpaired) electrons. The minimum Gasteiger partial charge on any atom is -0.464 e. The van der Waals surface area contributed by atoms with E-state index in [1.807, 2.05) is 0 Å². The molecule has 7 heteroatoms. The van der Waals surface area contributed by atoms with E-state index in [2.05, 4.69) is 5.32 Å². The molecule has 1 unspecified atom stereocenters. The second-order valence-electron chi connectivity index (χ2n) is 5.10. The van der Waals surface area contributed by atoms with Gasteiger partial charge in [-0.3, -0.25) is 14.9 Å². The highest BCUT2D eigenvalue weighted by atomic mass is 16.5. The molecule has 1 fully saturated rings. The first-order valence-corrected chi connectivity index (χ1v) is 6.65. The number of furan rings is 1. The molecule has 0 aliphatic carbocycles. The van der Waals surface area contributed by atoms with Crippen LogP contribution in [0.25, 0.3) is 5.57 Å². The molecule has 7 nitrogen and oxygen atoms in total. The first-order valence-electron chi connectivity index (χ1n) is 6.65. The Morgan fingerprint density at radius 1 is 1.38 bits per heavy atom. The van der Waals surface area contributed by atoms with Crippen molar-refractivity contribution in [3.05, 3.63) is 30.2 Å². The van der Waals surface area contributed by atoms with Gasteiger partial charge in [0.2, 0.25) is 5.91 Å². The van der Waals surface area contributed by atoms with Crippen LogP contribution in [0.2, 0.25) is 0 Å². The quantitative estimate of drug-likeness (QED) is 0.645. The lowest BCUT2D eigenvalue weighted by Crippen LogP contribution is -2.44. The van der Waals surface area contributed by atoms with E-state index in [1.54, 1.807) is 12.1 Å². The molecule has 3 N–H and O–H groups in total. The van der Waals surface area contributed by atoms with Gasteiger partial charge in [0.15, 0.2) is 0 Å². The van der Waals surface area contributed by atoms with Crippen LogP contribution in [0.15, 0.2) is 28.9 Å². The van der Waals surface area contributed by atoms with E-state index in [1.165, 1.54) is 12.3 Å². The van der Waals surface area contributed by atoms with E-state index in [9.17, 15) is 14.7 Å². The average Bonchev–Trinajstić information content (AvgIpc) is 3.08. The summed E-state index contributed by atoms with van der Waals surface area (Å²) in [7, 11) is 0. The first kappa shape index (κ1) is 14.0. The summed E-state index contributed by atoms with van der Waals surface area (Å²) < 4.78 is 10.7. The van der Waals surface area contributed by atoms with Crippen molar-refractivity contribution >= 4 is 17.4 Å². The molecule has 3 heterocycles. The highest BCUT2D eigenvalue weighted by Crippen LogP contribution is 2.31. The monoisotopic (exact) mass is 293 g/mol. The van der Waals surface area contributed by atoms with Crippen LogP contribution < -0.4 is 5.32 Å². The van der Waals surface area contributed by atoms with Crippen LogP contribution in [0.1, 0.15) is 12.2 Å². The van der Waals surface area contributed by atoms with Crippen LogP contribution in [0.5, 0.6) is 0 Å². The van der Waals surface area contributed by atoms with E-state index < -0.39 is 36.0 Å². The normalized spacial score (nSPS) is 33.0. The van der Waals surface area contributed by atoms with E-state index in [0.717, 1.165) is 0 Å². The Kier molecular flexibility index (Phi) is 3.62. The fourth-order valence-corrected chi connectivity index (χ4v) is 2.65. The number of rotatable bonds is 3. The van der Waals surface area contributed by atoms with Gasteiger partial charge in [-0.15, -0.1) is 0 Å². The summed E-state index contributed by atoms with van der Waals surface area (Å²) in [6, 6.07) is 3.27. The fraction of sp³-hybridized carbons (Fsp3) is 0.429. The molecular formula is C14H15NO6. The van der Waals surface area contributed by atoms with Crippen molar-refractivity contribution < 1.29 is 29.0 Å². The summed E-state index contributed by atoms with van der Waals surface area (Å²) >= 11 is 0. The lowest BCUT2D eigenvalue weighted by molar-refractivity contribution is -0.133. The maximum Gasteiger partial charge on any atom is 0.261 e. The topological polar surface area (TPSA) is 109 Å². The van der Waals surface area contributed by atoms with Crippen LogP contribution in [0, 0.1) is 5.92 Å². The van der Waals surface area contributed by atoms with E-state index in [0.29, 0.717) is 5.76 Å². The fourth-order valence-electron chi connectivity index (χ4n) is 2.65. The van der Waals surface area contributed by atoms with Gasteiger partial charge in [0.1, 0.15) is 11.9 Å². The van der Waals surface area contributed by atoms with Gasteiger partial charge in [0.25, 0.3) is 5.91 Å². The van der Waals surface area contributed by atoms with E-state index in [-0.39, 0.29) is 18.6 Å². The Bertz CT molecular complexity index is 578. The summed E-state index contributed by atoms with van der Waals surface area (Å²) in [4.78, 5) is 23.8. The van der Waals surface area contributed by atoms with Crippen molar-refractivity contribution in [2.45, 2.75) is 24.7 Å². The number of aliphatic hydroxyl groups is 2. The summed E-state index contributed by atoms with van der Waals surface area (Å²) in [5.41, 5.74) is 0.259. The van der Waals surface area contributed by atoms with Crippen molar-refractivity contribution in [2.24, 2.45) is 5.92 Å². The number of aliphatic hydroxyl groups excluding tert-OH is 2. The zero-order valence-electron chi connectivity index (χ0n) is 11.1. The molecule has 4 atom stereocenters. The molecule has 0 spiro atoms. The second kappa shape index (κ2) is 5.44. The second-order valence-corrected chi connectivity index (χ2v) is 5.10. The van der Waals surface area contributed by atoms with Crippen molar-refractivity contribution in [3.8, 4) is 0 Å². The molecule has 2 aliphatic rings. The van der Waals surface area contributed by atoms with Crippen LogP contribution in [0.4, 0.5) is 0 Å².